The van der Waals surface area contributed by atoms with Gasteiger partial charge in [0, 0.05) is 0 Å². The average molecular weight is 280 g/mol. The summed E-state index contributed by atoms with van der Waals surface area (Å²) >= 11 is 0. The Morgan fingerprint density at radius 3 is 1.20 bits per heavy atom. The van der Waals surface area contributed by atoms with E-state index in [1.165, 1.54) is 12.1 Å². The first kappa shape index (κ1) is 13.9. The lowest BCUT2D eigenvalue weighted by Crippen LogP contribution is -1.94. The molecule has 20 heavy (non-hydrogen) atoms. The van der Waals surface area contributed by atoms with Crippen molar-refractivity contribution in [2.24, 2.45) is 10.2 Å². The minimum Gasteiger partial charge on any atom is -0.206 e. The molecule has 0 aliphatic heterocycles. The molecule has 0 atom stereocenters. The van der Waals surface area contributed by atoms with Crippen LogP contribution in [0, 0.1) is 23.3 Å². The van der Waals surface area contributed by atoms with Crippen molar-refractivity contribution in [3.63, 3.8) is 0 Å². The van der Waals surface area contributed by atoms with Crippen LogP contribution in [0.3, 0.4) is 0 Å². The van der Waals surface area contributed by atoms with Gasteiger partial charge in [-0.1, -0.05) is 12.1 Å². The molecule has 0 bridgehead atoms. The molecule has 2 aromatic rings. The van der Waals surface area contributed by atoms with Gasteiger partial charge in [-0.15, -0.1) is 0 Å². The van der Waals surface area contributed by atoms with E-state index in [1.807, 2.05) is 0 Å². The highest BCUT2D eigenvalue weighted by molar-refractivity contribution is 5.83. The fourth-order valence-corrected chi connectivity index (χ4v) is 1.45. The van der Waals surface area contributed by atoms with Crippen molar-refractivity contribution in [1.82, 2.24) is 0 Å². The predicted molar refractivity (Wildman–Crippen MR) is 67.9 cm³/mol. The van der Waals surface area contributed by atoms with E-state index in [4.69, 9.17) is 0 Å². The third-order valence-corrected chi connectivity index (χ3v) is 2.44. The van der Waals surface area contributed by atoms with Gasteiger partial charge in [-0.25, -0.2) is 17.6 Å². The molecule has 0 amide bonds. The second-order valence-electron chi connectivity index (χ2n) is 3.76. The Balaban J connectivity index is 2.20. The van der Waals surface area contributed by atoms with E-state index in [-0.39, 0.29) is 11.1 Å². The maximum absolute atomic E-state index is 13.2. The van der Waals surface area contributed by atoms with Gasteiger partial charge in [0.2, 0.25) is 0 Å². The lowest BCUT2D eigenvalue weighted by atomic mass is 10.2. The number of halogens is 4. The maximum atomic E-state index is 13.2. The predicted octanol–water partition coefficient (Wildman–Crippen LogP) is 3.70. The van der Waals surface area contributed by atoms with E-state index in [9.17, 15) is 17.6 Å². The van der Waals surface area contributed by atoms with E-state index >= 15 is 0 Å². The second-order valence-corrected chi connectivity index (χ2v) is 3.76. The Labute approximate surface area is 112 Å². The molecule has 2 nitrogen and oxygen atoms in total. The van der Waals surface area contributed by atoms with Crippen molar-refractivity contribution in [3.05, 3.63) is 70.8 Å². The van der Waals surface area contributed by atoms with Gasteiger partial charge in [0.1, 0.15) is 23.3 Å². The number of nitrogens with zero attached hydrogens (tertiary/aromatic N) is 2. The third-order valence-electron chi connectivity index (χ3n) is 2.44. The van der Waals surface area contributed by atoms with Crippen LogP contribution < -0.4 is 0 Å². The van der Waals surface area contributed by atoms with E-state index in [1.54, 1.807) is 0 Å². The lowest BCUT2D eigenvalue weighted by molar-refractivity contribution is 0.579. The first-order chi connectivity index (χ1) is 9.59. The summed E-state index contributed by atoms with van der Waals surface area (Å²) in [7, 11) is 0. The normalized spacial score (nSPS) is 11.6. The van der Waals surface area contributed by atoms with Gasteiger partial charge in [0.15, 0.2) is 0 Å². The number of hydrogen-bond acceptors (Lipinski definition) is 2. The van der Waals surface area contributed by atoms with Crippen LogP contribution in [0.2, 0.25) is 0 Å². The molecule has 0 spiro atoms. The number of rotatable bonds is 3. The first-order valence-electron chi connectivity index (χ1n) is 5.54. The zero-order valence-corrected chi connectivity index (χ0v) is 10.0. The first-order valence-corrected chi connectivity index (χ1v) is 5.54. The largest absolute Gasteiger partial charge is 0.206 e. The summed E-state index contributed by atoms with van der Waals surface area (Å²) in [6.07, 6.45) is 1.67. The van der Waals surface area contributed by atoms with Crippen LogP contribution in [-0.4, -0.2) is 12.4 Å². The molecule has 0 aromatic heterocycles. The third kappa shape index (κ3) is 3.09. The van der Waals surface area contributed by atoms with Gasteiger partial charge in [-0.05, 0) is 24.3 Å². The van der Waals surface area contributed by atoms with Crippen LogP contribution in [-0.2, 0) is 0 Å². The summed E-state index contributed by atoms with van der Waals surface area (Å²) in [5.74, 6) is -3.22. The smallest absolute Gasteiger partial charge is 0.134 e. The SMILES string of the molecule is Fc1cccc(F)c1C=NN=Cc1c(F)cccc1F. The van der Waals surface area contributed by atoms with E-state index in [0.29, 0.717) is 0 Å². The van der Waals surface area contributed by atoms with Crippen LogP contribution in [0.5, 0.6) is 0 Å². The van der Waals surface area contributed by atoms with E-state index in [2.05, 4.69) is 10.2 Å². The zero-order chi connectivity index (χ0) is 14.5. The van der Waals surface area contributed by atoms with Crippen molar-refractivity contribution in [1.29, 1.82) is 0 Å². The van der Waals surface area contributed by atoms with Crippen molar-refractivity contribution >= 4 is 12.4 Å². The Hall–Kier alpha value is -2.50. The van der Waals surface area contributed by atoms with Crippen LogP contribution in [0.1, 0.15) is 11.1 Å². The monoisotopic (exact) mass is 280 g/mol. The highest BCUT2D eigenvalue weighted by Crippen LogP contribution is 2.10. The molecule has 2 aromatic carbocycles. The van der Waals surface area contributed by atoms with Crippen molar-refractivity contribution in [2.75, 3.05) is 0 Å². The molecule has 0 radical (unpaired) electrons. The number of hydrogen-bond donors (Lipinski definition) is 0. The molecule has 0 aliphatic carbocycles. The summed E-state index contributed by atoms with van der Waals surface area (Å²) in [5, 5.41) is 6.74. The van der Waals surface area contributed by atoms with Crippen LogP contribution in [0.25, 0.3) is 0 Å². The summed E-state index contributed by atoms with van der Waals surface area (Å²) in [4.78, 5) is 0. The van der Waals surface area contributed by atoms with Gasteiger partial charge >= 0.3 is 0 Å². The average Bonchev–Trinajstić information content (AvgIpc) is 2.40. The van der Waals surface area contributed by atoms with Crippen molar-refractivity contribution in [2.45, 2.75) is 0 Å². The molecule has 0 fully saturated rings. The van der Waals surface area contributed by atoms with E-state index in [0.717, 1.165) is 36.7 Å². The summed E-state index contributed by atoms with van der Waals surface area (Å²) in [5.41, 5.74) is -0.752. The summed E-state index contributed by atoms with van der Waals surface area (Å²) in [6.45, 7) is 0. The van der Waals surface area contributed by atoms with Gasteiger partial charge < -0.3 is 0 Å². The molecule has 0 aliphatic rings. The topological polar surface area (TPSA) is 24.7 Å². The summed E-state index contributed by atoms with van der Waals surface area (Å²) in [6, 6.07) is 6.66. The molecule has 0 N–H and O–H groups in total. The maximum Gasteiger partial charge on any atom is 0.134 e. The van der Waals surface area contributed by atoms with E-state index < -0.39 is 23.3 Å². The van der Waals surface area contributed by atoms with Gasteiger partial charge in [-0.3, -0.25) is 0 Å². The second kappa shape index (κ2) is 6.10. The fourth-order valence-electron chi connectivity index (χ4n) is 1.45. The molecule has 0 saturated heterocycles. The Morgan fingerprint density at radius 1 is 0.600 bits per heavy atom. The highest BCUT2D eigenvalue weighted by atomic mass is 19.1. The van der Waals surface area contributed by atoms with Crippen LogP contribution in [0.15, 0.2) is 46.6 Å². The van der Waals surface area contributed by atoms with Gasteiger partial charge in [0.05, 0.1) is 23.6 Å². The molecule has 0 unspecified atom stereocenters. The van der Waals surface area contributed by atoms with Crippen molar-refractivity contribution < 1.29 is 17.6 Å². The quantitative estimate of drug-likeness (QED) is 0.465. The van der Waals surface area contributed by atoms with Gasteiger partial charge in [-0.2, -0.15) is 10.2 Å². The summed E-state index contributed by atoms with van der Waals surface area (Å²) < 4.78 is 52.9. The Morgan fingerprint density at radius 2 is 0.900 bits per heavy atom. The van der Waals surface area contributed by atoms with Crippen LogP contribution >= 0.6 is 0 Å². The number of benzene rings is 2. The molecule has 0 saturated carbocycles. The Kier molecular flexibility index (Phi) is 4.24. The lowest BCUT2D eigenvalue weighted by Gasteiger charge is -1.97. The molecule has 2 rings (SSSR count). The van der Waals surface area contributed by atoms with Crippen molar-refractivity contribution in [3.8, 4) is 0 Å². The van der Waals surface area contributed by atoms with Crippen LogP contribution in [0.4, 0.5) is 17.6 Å². The zero-order valence-electron chi connectivity index (χ0n) is 10.0. The minimum atomic E-state index is -0.805. The molecule has 102 valence electrons. The Bertz CT molecular complexity index is 581. The molecule has 6 heteroatoms. The fraction of sp³-hybridized carbons (Fsp3) is 0. The molecular weight excluding hydrogens is 272 g/mol. The van der Waals surface area contributed by atoms with Gasteiger partial charge in [0.25, 0.3) is 0 Å². The molecular formula is C14H8F4N2. The molecule has 0 heterocycles. The minimum absolute atomic E-state index is 0.376. The standard InChI is InChI=1S/C14H8F4N2/c15-11-3-1-4-12(16)9(11)7-19-20-8-10-13(17)5-2-6-14(10)18/h1-8H. The highest BCUT2D eigenvalue weighted by Gasteiger charge is 2.06.